The molecule has 1 atom stereocenters. The van der Waals surface area contributed by atoms with E-state index in [4.69, 9.17) is 0 Å². The van der Waals surface area contributed by atoms with Gasteiger partial charge < -0.3 is 0 Å². The molecule has 0 heterocycles. The van der Waals surface area contributed by atoms with Crippen LogP contribution in [0.5, 0.6) is 0 Å². The SMILES string of the molecule is CC(=O)c1ccc(S(=O)(=O)NC(C)c2ccc3ccccc3c2)cc1. The summed E-state index contributed by atoms with van der Waals surface area (Å²) in [4.78, 5) is 11.5. The van der Waals surface area contributed by atoms with Gasteiger partial charge in [-0.2, -0.15) is 0 Å². The third-order valence-corrected chi connectivity index (χ3v) is 5.73. The van der Waals surface area contributed by atoms with E-state index in [1.54, 1.807) is 0 Å². The Morgan fingerprint density at radius 2 is 1.56 bits per heavy atom. The monoisotopic (exact) mass is 353 g/mol. The summed E-state index contributed by atoms with van der Waals surface area (Å²) in [7, 11) is -3.66. The van der Waals surface area contributed by atoms with E-state index in [1.807, 2.05) is 49.4 Å². The Morgan fingerprint density at radius 1 is 0.920 bits per heavy atom. The fourth-order valence-electron chi connectivity index (χ4n) is 2.71. The lowest BCUT2D eigenvalue weighted by Crippen LogP contribution is -2.26. The summed E-state index contributed by atoms with van der Waals surface area (Å²) in [6.45, 7) is 3.26. The number of Topliss-reactive ketones (excluding diaryl/α,β-unsaturated/α-hetero) is 1. The standard InChI is InChI=1S/C20H19NO3S/c1-14(18-8-7-17-5-3-4-6-19(17)13-18)21-25(23,24)20-11-9-16(10-12-20)15(2)22/h3-14,21H,1-2H3. The molecule has 5 heteroatoms. The topological polar surface area (TPSA) is 63.2 Å². The Bertz CT molecular complexity index is 1020. The quantitative estimate of drug-likeness (QED) is 0.703. The summed E-state index contributed by atoms with van der Waals surface area (Å²) in [5, 5.41) is 2.18. The van der Waals surface area contributed by atoms with Crippen molar-refractivity contribution in [1.29, 1.82) is 0 Å². The molecule has 4 nitrogen and oxygen atoms in total. The highest BCUT2D eigenvalue weighted by molar-refractivity contribution is 7.89. The molecule has 3 aromatic carbocycles. The van der Waals surface area contributed by atoms with Gasteiger partial charge >= 0.3 is 0 Å². The van der Waals surface area contributed by atoms with Gasteiger partial charge in [-0.15, -0.1) is 0 Å². The molecule has 25 heavy (non-hydrogen) atoms. The van der Waals surface area contributed by atoms with Gasteiger partial charge in [0.05, 0.1) is 4.90 Å². The predicted molar refractivity (Wildman–Crippen MR) is 99.1 cm³/mol. The maximum absolute atomic E-state index is 12.6. The number of nitrogens with one attached hydrogen (secondary N) is 1. The summed E-state index contributed by atoms with van der Waals surface area (Å²) in [6.07, 6.45) is 0. The summed E-state index contributed by atoms with van der Waals surface area (Å²) in [5.41, 5.74) is 1.38. The molecule has 0 saturated carbocycles. The van der Waals surface area contributed by atoms with Crippen molar-refractivity contribution >= 4 is 26.6 Å². The first kappa shape index (κ1) is 17.3. The minimum Gasteiger partial charge on any atom is -0.295 e. The van der Waals surface area contributed by atoms with Gasteiger partial charge in [0.15, 0.2) is 5.78 Å². The van der Waals surface area contributed by atoms with E-state index < -0.39 is 10.0 Å². The maximum atomic E-state index is 12.6. The smallest absolute Gasteiger partial charge is 0.241 e. The Morgan fingerprint density at radius 3 is 2.20 bits per heavy atom. The van der Waals surface area contributed by atoms with Gasteiger partial charge in [-0.3, -0.25) is 4.79 Å². The lowest BCUT2D eigenvalue weighted by atomic mass is 10.0. The number of carbonyl (C=O) groups is 1. The molecule has 0 saturated heterocycles. The van der Waals surface area contributed by atoms with Gasteiger partial charge in [0.2, 0.25) is 10.0 Å². The molecule has 0 radical (unpaired) electrons. The van der Waals surface area contributed by atoms with Crippen molar-refractivity contribution in [3.63, 3.8) is 0 Å². The van der Waals surface area contributed by atoms with E-state index in [1.165, 1.54) is 31.2 Å². The van der Waals surface area contributed by atoms with Crippen molar-refractivity contribution in [3.8, 4) is 0 Å². The number of hydrogen-bond donors (Lipinski definition) is 1. The number of rotatable bonds is 5. The van der Waals surface area contributed by atoms with E-state index in [2.05, 4.69) is 4.72 Å². The molecule has 3 aromatic rings. The molecule has 1 unspecified atom stereocenters. The predicted octanol–water partition coefficient (Wildman–Crippen LogP) is 4.08. The number of fused-ring (bicyclic) bond motifs is 1. The number of hydrogen-bond acceptors (Lipinski definition) is 3. The largest absolute Gasteiger partial charge is 0.295 e. The molecule has 0 aromatic heterocycles. The third-order valence-electron chi connectivity index (χ3n) is 4.18. The molecule has 0 aliphatic carbocycles. The zero-order valence-corrected chi connectivity index (χ0v) is 14.9. The Balaban J connectivity index is 1.84. The van der Waals surface area contributed by atoms with Crippen LogP contribution in [0.2, 0.25) is 0 Å². The molecule has 0 fully saturated rings. The van der Waals surface area contributed by atoms with Gasteiger partial charge in [0.1, 0.15) is 0 Å². The average Bonchev–Trinajstić information content (AvgIpc) is 2.61. The Labute approximate surface area is 147 Å². The Hall–Kier alpha value is -2.50. The van der Waals surface area contributed by atoms with Gasteiger partial charge in [0, 0.05) is 11.6 Å². The highest BCUT2D eigenvalue weighted by Gasteiger charge is 2.18. The minimum atomic E-state index is -3.66. The molecule has 0 amide bonds. The highest BCUT2D eigenvalue weighted by Crippen LogP contribution is 2.22. The molecule has 0 spiro atoms. The van der Waals surface area contributed by atoms with Crippen LogP contribution in [0, 0.1) is 0 Å². The van der Waals surface area contributed by atoms with Gasteiger partial charge in [-0.05, 0) is 48.4 Å². The first-order chi connectivity index (χ1) is 11.9. The van der Waals surface area contributed by atoms with Crippen LogP contribution in [-0.2, 0) is 10.0 Å². The van der Waals surface area contributed by atoms with Crippen molar-refractivity contribution in [3.05, 3.63) is 77.9 Å². The fraction of sp³-hybridized carbons (Fsp3) is 0.150. The lowest BCUT2D eigenvalue weighted by Gasteiger charge is -2.15. The Kier molecular flexibility index (Phi) is 4.70. The van der Waals surface area contributed by atoms with E-state index >= 15 is 0 Å². The number of carbonyl (C=O) groups excluding carboxylic acids is 1. The van der Waals surface area contributed by atoms with Crippen LogP contribution in [0.15, 0.2) is 71.6 Å². The number of benzene rings is 3. The third kappa shape index (κ3) is 3.78. The van der Waals surface area contributed by atoms with Crippen molar-refractivity contribution in [1.82, 2.24) is 4.72 Å². The second-order valence-electron chi connectivity index (χ2n) is 6.03. The molecular weight excluding hydrogens is 334 g/mol. The molecule has 0 aliphatic heterocycles. The van der Waals surface area contributed by atoms with Crippen LogP contribution < -0.4 is 4.72 Å². The van der Waals surface area contributed by atoms with Crippen molar-refractivity contribution < 1.29 is 13.2 Å². The molecule has 3 rings (SSSR count). The van der Waals surface area contributed by atoms with E-state index in [0.29, 0.717) is 5.56 Å². The maximum Gasteiger partial charge on any atom is 0.241 e. The van der Waals surface area contributed by atoms with Crippen LogP contribution in [0.1, 0.15) is 35.8 Å². The summed E-state index contributed by atoms with van der Waals surface area (Å²) in [6, 6.07) is 19.4. The van der Waals surface area contributed by atoms with E-state index in [9.17, 15) is 13.2 Å². The minimum absolute atomic E-state index is 0.0959. The number of sulfonamides is 1. The van der Waals surface area contributed by atoms with Gasteiger partial charge in [-0.1, -0.05) is 48.5 Å². The zero-order chi connectivity index (χ0) is 18.0. The van der Waals surface area contributed by atoms with Crippen LogP contribution in [0.25, 0.3) is 10.8 Å². The second-order valence-corrected chi connectivity index (χ2v) is 7.74. The average molecular weight is 353 g/mol. The van der Waals surface area contributed by atoms with Crippen molar-refractivity contribution in [2.45, 2.75) is 24.8 Å². The molecule has 128 valence electrons. The normalized spacial score (nSPS) is 12.9. The van der Waals surface area contributed by atoms with Crippen molar-refractivity contribution in [2.24, 2.45) is 0 Å². The summed E-state index contributed by atoms with van der Waals surface area (Å²) in [5.74, 6) is -0.0959. The lowest BCUT2D eigenvalue weighted by molar-refractivity contribution is 0.101. The molecule has 0 aliphatic rings. The first-order valence-electron chi connectivity index (χ1n) is 7.99. The van der Waals surface area contributed by atoms with E-state index in [0.717, 1.165) is 16.3 Å². The number of ketones is 1. The van der Waals surface area contributed by atoms with Gasteiger partial charge in [-0.25, -0.2) is 13.1 Å². The summed E-state index contributed by atoms with van der Waals surface area (Å²) < 4.78 is 27.8. The van der Waals surface area contributed by atoms with Crippen molar-refractivity contribution in [2.75, 3.05) is 0 Å². The van der Waals surface area contributed by atoms with Crippen LogP contribution >= 0.6 is 0 Å². The van der Waals surface area contributed by atoms with Crippen LogP contribution in [0.3, 0.4) is 0 Å². The van der Waals surface area contributed by atoms with Gasteiger partial charge in [0.25, 0.3) is 0 Å². The molecule has 0 bridgehead atoms. The first-order valence-corrected chi connectivity index (χ1v) is 9.47. The van der Waals surface area contributed by atoms with Crippen LogP contribution in [-0.4, -0.2) is 14.2 Å². The fourth-order valence-corrected chi connectivity index (χ4v) is 3.95. The second kappa shape index (κ2) is 6.78. The van der Waals surface area contributed by atoms with Crippen LogP contribution in [0.4, 0.5) is 0 Å². The molecular formula is C20H19NO3S. The zero-order valence-electron chi connectivity index (χ0n) is 14.1. The van der Waals surface area contributed by atoms with E-state index in [-0.39, 0.29) is 16.7 Å². The highest BCUT2D eigenvalue weighted by atomic mass is 32.2. The molecule has 1 N–H and O–H groups in total. The summed E-state index contributed by atoms with van der Waals surface area (Å²) >= 11 is 0.